The van der Waals surface area contributed by atoms with Crippen LogP contribution in [0.15, 0.2) is 0 Å². The second-order valence-corrected chi connectivity index (χ2v) is 9.69. The third-order valence-corrected chi connectivity index (χ3v) is 5.65. The van der Waals surface area contributed by atoms with Gasteiger partial charge in [0, 0.05) is 12.8 Å². The predicted molar refractivity (Wildman–Crippen MR) is 103 cm³/mol. The fourth-order valence-corrected chi connectivity index (χ4v) is 4.46. The third-order valence-electron chi connectivity index (χ3n) is 4.65. The van der Waals surface area contributed by atoms with Crippen molar-refractivity contribution in [3.8, 4) is 0 Å². The maximum atomic E-state index is 12.5. The second kappa shape index (κ2) is 9.81. The molecule has 0 aromatic heterocycles. The minimum absolute atomic E-state index is 0.00898. The summed E-state index contributed by atoms with van der Waals surface area (Å²) in [6.07, 6.45) is -0.671. The van der Waals surface area contributed by atoms with E-state index in [2.05, 4.69) is 0 Å². The Bertz CT molecular complexity index is 548. The highest BCUT2D eigenvalue weighted by atomic mass is 31.2. The molecular formula is C18H36NO8P. The van der Waals surface area contributed by atoms with Crippen molar-refractivity contribution in [3.63, 3.8) is 0 Å². The average Bonchev–Trinajstić information content (AvgIpc) is 3.02. The summed E-state index contributed by atoms with van der Waals surface area (Å²) in [6, 6.07) is 0. The smallest absolute Gasteiger partial charge is 0.374 e. The molecule has 2 fully saturated rings. The first kappa shape index (κ1) is 24.2. The van der Waals surface area contributed by atoms with Gasteiger partial charge in [0.15, 0.2) is 5.72 Å². The van der Waals surface area contributed by atoms with Crippen LogP contribution in [0.25, 0.3) is 0 Å². The van der Waals surface area contributed by atoms with E-state index in [1.165, 1.54) is 0 Å². The molecule has 2 aliphatic rings. The number of phosphoric ester groups is 1. The highest BCUT2D eigenvalue weighted by molar-refractivity contribution is 7.47. The summed E-state index contributed by atoms with van der Waals surface area (Å²) in [5.74, 6) is 0. The molecule has 2 heterocycles. The van der Waals surface area contributed by atoms with Crippen LogP contribution >= 0.6 is 7.82 Å². The van der Waals surface area contributed by atoms with Crippen LogP contribution in [0.2, 0.25) is 0 Å². The molecule has 28 heavy (non-hydrogen) atoms. The number of ether oxygens (including phenoxy) is 4. The van der Waals surface area contributed by atoms with Gasteiger partial charge in [-0.15, -0.1) is 0 Å². The summed E-state index contributed by atoms with van der Waals surface area (Å²) in [4.78, 5) is 10.2. The highest BCUT2D eigenvalue weighted by Crippen LogP contribution is 2.49. The molecule has 0 bridgehead atoms. The Morgan fingerprint density at radius 2 is 1.86 bits per heavy atom. The van der Waals surface area contributed by atoms with Gasteiger partial charge in [0.25, 0.3) is 0 Å². The van der Waals surface area contributed by atoms with Crippen molar-refractivity contribution in [2.45, 2.75) is 103 Å². The molecule has 0 spiro atoms. The van der Waals surface area contributed by atoms with Crippen LogP contribution in [0.4, 0.5) is 0 Å². The lowest BCUT2D eigenvalue weighted by Gasteiger charge is -2.31. The van der Waals surface area contributed by atoms with Gasteiger partial charge in [-0.1, -0.05) is 0 Å². The molecule has 9 nitrogen and oxygen atoms in total. The average molecular weight is 425 g/mol. The van der Waals surface area contributed by atoms with Crippen molar-refractivity contribution in [1.82, 2.24) is 0 Å². The molecule has 0 saturated carbocycles. The number of rotatable bonds is 10. The Morgan fingerprint density at radius 1 is 1.18 bits per heavy atom. The molecule has 2 unspecified atom stereocenters. The van der Waals surface area contributed by atoms with E-state index in [1.807, 2.05) is 41.5 Å². The number of nitrogens with two attached hydrogens (primary N) is 1. The standard InChI is InChI=1S/C18H36NO8P/c1-11(2)22-10-18(19)17(8-14(6)26-18)27-28(20,21)23-9-16-15(24-12(3)4)7-13(5)25-16/h11-17H,7-10,19H2,1-6H3,(H,20,21)/t13-,14-,15+,16?,17+,18+/m0/s1. The van der Waals surface area contributed by atoms with E-state index in [1.54, 1.807) is 0 Å². The van der Waals surface area contributed by atoms with E-state index >= 15 is 0 Å². The van der Waals surface area contributed by atoms with Crippen LogP contribution < -0.4 is 5.73 Å². The summed E-state index contributed by atoms with van der Waals surface area (Å²) in [5, 5.41) is 0. The van der Waals surface area contributed by atoms with Crippen LogP contribution in [0.3, 0.4) is 0 Å². The zero-order valence-electron chi connectivity index (χ0n) is 17.7. The van der Waals surface area contributed by atoms with Gasteiger partial charge in [-0.3, -0.25) is 14.8 Å². The number of hydrogen-bond donors (Lipinski definition) is 2. The molecule has 0 aromatic carbocycles. The van der Waals surface area contributed by atoms with E-state index < -0.39 is 25.8 Å². The summed E-state index contributed by atoms with van der Waals surface area (Å²) in [5.41, 5.74) is 4.95. The van der Waals surface area contributed by atoms with Crippen molar-refractivity contribution in [1.29, 1.82) is 0 Å². The monoisotopic (exact) mass is 425 g/mol. The molecule has 10 heteroatoms. The van der Waals surface area contributed by atoms with Crippen LogP contribution in [-0.2, 0) is 32.6 Å². The molecule has 2 rings (SSSR count). The third kappa shape index (κ3) is 7.00. The van der Waals surface area contributed by atoms with Gasteiger partial charge in [-0.2, -0.15) is 0 Å². The van der Waals surface area contributed by atoms with E-state index in [9.17, 15) is 9.46 Å². The summed E-state index contributed by atoms with van der Waals surface area (Å²) >= 11 is 0. The van der Waals surface area contributed by atoms with E-state index in [0.717, 1.165) is 0 Å². The zero-order valence-corrected chi connectivity index (χ0v) is 18.6. The van der Waals surface area contributed by atoms with Gasteiger partial charge in [0.1, 0.15) is 12.2 Å². The van der Waals surface area contributed by atoms with Gasteiger partial charge in [-0.05, 0) is 41.5 Å². The molecule has 0 aromatic rings. The lowest BCUT2D eigenvalue weighted by molar-refractivity contribution is -0.128. The Hall–Kier alpha value is -0.0900. The van der Waals surface area contributed by atoms with Crippen molar-refractivity contribution < 1.29 is 37.5 Å². The fraction of sp³-hybridized carbons (Fsp3) is 1.00. The Kier molecular flexibility index (Phi) is 8.47. The van der Waals surface area contributed by atoms with Gasteiger partial charge in [0.05, 0.1) is 43.7 Å². The second-order valence-electron chi connectivity index (χ2n) is 8.28. The van der Waals surface area contributed by atoms with Gasteiger partial charge >= 0.3 is 7.82 Å². The fourth-order valence-electron chi connectivity index (χ4n) is 3.47. The van der Waals surface area contributed by atoms with Crippen molar-refractivity contribution >= 4 is 7.82 Å². The summed E-state index contributed by atoms with van der Waals surface area (Å²) < 4.78 is 46.0. The van der Waals surface area contributed by atoms with E-state index in [4.69, 9.17) is 33.7 Å². The van der Waals surface area contributed by atoms with Gasteiger partial charge in [-0.25, -0.2) is 4.57 Å². The largest absolute Gasteiger partial charge is 0.472 e. The molecule has 3 N–H and O–H groups in total. The maximum Gasteiger partial charge on any atom is 0.472 e. The number of phosphoric acid groups is 1. The molecular weight excluding hydrogens is 389 g/mol. The lowest BCUT2D eigenvalue weighted by atomic mass is 10.1. The van der Waals surface area contributed by atoms with Gasteiger partial charge in [0.2, 0.25) is 0 Å². The quantitative estimate of drug-likeness (QED) is 0.508. The van der Waals surface area contributed by atoms with E-state index in [-0.39, 0.29) is 43.7 Å². The molecule has 2 saturated heterocycles. The summed E-state index contributed by atoms with van der Waals surface area (Å²) in [6.45, 7) is 11.3. The minimum atomic E-state index is -4.38. The Balaban J connectivity index is 1.93. The molecule has 7 atom stereocenters. The van der Waals surface area contributed by atoms with Crippen molar-refractivity contribution in [2.24, 2.45) is 5.73 Å². The molecule has 0 aliphatic carbocycles. The minimum Gasteiger partial charge on any atom is -0.374 e. The van der Waals surface area contributed by atoms with Crippen LogP contribution in [0.1, 0.15) is 54.4 Å². The van der Waals surface area contributed by atoms with Crippen molar-refractivity contribution in [3.05, 3.63) is 0 Å². The highest BCUT2D eigenvalue weighted by Gasteiger charge is 2.49. The zero-order chi connectivity index (χ0) is 21.1. The summed E-state index contributed by atoms with van der Waals surface area (Å²) in [7, 11) is -4.38. The SMILES string of the molecule is CC(C)OC[C@@]1(N)O[C@@H](C)C[C@H]1OP(=O)(O)OCC1O[C@@H](C)C[C@H]1OC(C)C. The van der Waals surface area contributed by atoms with Crippen LogP contribution in [-0.4, -0.2) is 66.6 Å². The predicted octanol–water partition coefficient (Wildman–Crippen LogP) is 2.35. The van der Waals surface area contributed by atoms with Gasteiger partial charge < -0.3 is 23.8 Å². The van der Waals surface area contributed by atoms with Crippen molar-refractivity contribution in [2.75, 3.05) is 13.2 Å². The first-order valence-corrected chi connectivity index (χ1v) is 11.4. The molecule has 0 radical (unpaired) electrons. The first-order chi connectivity index (χ1) is 12.9. The molecule has 2 aliphatic heterocycles. The first-order valence-electron chi connectivity index (χ1n) is 9.95. The lowest BCUT2D eigenvalue weighted by Crippen LogP contribution is -2.53. The maximum absolute atomic E-state index is 12.5. The number of hydrogen-bond acceptors (Lipinski definition) is 8. The topological polar surface area (TPSA) is 119 Å². The van der Waals surface area contributed by atoms with Crippen LogP contribution in [0, 0.1) is 0 Å². The Labute approximate surface area is 167 Å². The normalized spacial score (nSPS) is 38.4. The Morgan fingerprint density at radius 3 is 2.46 bits per heavy atom. The molecule has 166 valence electrons. The molecule has 0 amide bonds. The van der Waals surface area contributed by atoms with E-state index in [0.29, 0.717) is 12.8 Å². The van der Waals surface area contributed by atoms with Crippen LogP contribution in [0.5, 0.6) is 0 Å².